The zero-order valence-electron chi connectivity index (χ0n) is 9.82. The number of rotatable bonds is 3. The lowest BCUT2D eigenvalue weighted by atomic mass is 10.3. The first-order valence-corrected chi connectivity index (χ1v) is 5.08. The molecule has 0 aromatic carbocycles. The van der Waals surface area contributed by atoms with E-state index < -0.39 is 0 Å². The van der Waals surface area contributed by atoms with Gasteiger partial charge in [-0.1, -0.05) is 5.92 Å². The molecule has 0 aliphatic rings. The van der Waals surface area contributed by atoms with Gasteiger partial charge < -0.3 is 10.6 Å². The van der Waals surface area contributed by atoms with Crippen LogP contribution in [0.5, 0.6) is 0 Å². The maximum atomic E-state index is 11.9. The molecule has 0 saturated heterocycles. The van der Waals surface area contributed by atoms with E-state index in [1.165, 1.54) is 10.9 Å². The van der Waals surface area contributed by atoms with Crippen molar-refractivity contribution < 1.29 is 0 Å². The topological polar surface area (TPSA) is 64.2 Å². The Morgan fingerprint density at radius 1 is 1.62 bits per heavy atom. The molecule has 1 aromatic heterocycles. The monoisotopic (exact) mass is 220 g/mol. The number of aromatic nitrogens is 2. The van der Waals surface area contributed by atoms with Gasteiger partial charge in [-0.05, 0) is 13.8 Å². The fraction of sp³-hybridized carbons (Fsp3) is 0.455. The molecule has 0 atom stereocenters. The van der Waals surface area contributed by atoms with Crippen LogP contribution in [0, 0.1) is 11.8 Å². The molecule has 16 heavy (non-hydrogen) atoms. The number of hydrogen-bond donors (Lipinski definition) is 1. The van der Waals surface area contributed by atoms with E-state index >= 15 is 0 Å². The second-order valence-electron chi connectivity index (χ2n) is 3.32. The van der Waals surface area contributed by atoms with Crippen molar-refractivity contribution in [3.8, 4) is 11.8 Å². The second-order valence-corrected chi connectivity index (χ2v) is 3.32. The minimum Gasteiger partial charge on any atom is -0.396 e. The van der Waals surface area contributed by atoms with E-state index in [-0.39, 0.29) is 5.56 Å². The van der Waals surface area contributed by atoms with Crippen molar-refractivity contribution >= 4 is 11.4 Å². The van der Waals surface area contributed by atoms with Crippen molar-refractivity contribution in [2.75, 3.05) is 23.7 Å². The Kier molecular flexibility index (Phi) is 3.95. The largest absolute Gasteiger partial charge is 0.396 e. The molecule has 0 fully saturated rings. The molecule has 86 valence electrons. The molecule has 2 N–H and O–H groups in total. The lowest BCUT2D eigenvalue weighted by Gasteiger charge is -2.21. The van der Waals surface area contributed by atoms with Gasteiger partial charge in [0.1, 0.15) is 5.69 Å². The van der Waals surface area contributed by atoms with E-state index in [9.17, 15) is 4.79 Å². The average molecular weight is 220 g/mol. The number of hydrogen-bond acceptors (Lipinski definition) is 4. The summed E-state index contributed by atoms with van der Waals surface area (Å²) in [5, 5.41) is 3.85. The number of aryl methyl sites for hydroxylation is 1. The molecule has 1 aromatic rings. The van der Waals surface area contributed by atoms with Crippen LogP contribution in [0.25, 0.3) is 0 Å². The molecule has 0 spiro atoms. The summed E-state index contributed by atoms with van der Waals surface area (Å²) in [6.45, 7) is 4.90. The van der Waals surface area contributed by atoms with Gasteiger partial charge in [0.25, 0.3) is 5.56 Å². The molecular formula is C11H16N4O. The van der Waals surface area contributed by atoms with Gasteiger partial charge in [0.15, 0.2) is 0 Å². The maximum Gasteiger partial charge on any atom is 0.292 e. The summed E-state index contributed by atoms with van der Waals surface area (Å²) in [5.74, 6) is 5.72. The van der Waals surface area contributed by atoms with Crippen LogP contribution in [0.4, 0.5) is 11.4 Å². The number of nitrogens with zero attached hydrogens (tertiary/aromatic N) is 3. The Hall–Kier alpha value is -1.96. The Morgan fingerprint density at radius 3 is 2.88 bits per heavy atom. The van der Waals surface area contributed by atoms with Crippen molar-refractivity contribution in [2.24, 2.45) is 7.05 Å². The lowest BCUT2D eigenvalue weighted by molar-refractivity contribution is 0.702. The highest BCUT2D eigenvalue weighted by atomic mass is 16.1. The summed E-state index contributed by atoms with van der Waals surface area (Å²) in [6, 6.07) is 0. The number of nitrogens with two attached hydrogens (primary N) is 1. The molecule has 5 nitrogen and oxygen atoms in total. The highest BCUT2D eigenvalue weighted by Crippen LogP contribution is 2.15. The first-order chi connectivity index (χ1) is 7.61. The Labute approximate surface area is 94.9 Å². The van der Waals surface area contributed by atoms with Crippen LogP contribution in [0.3, 0.4) is 0 Å². The third-order valence-electron chi connectivity index (χ3n) is 2.28. The summed E-state index contributed by atoms with van der Waals surface area (Å²) in [4.78, 5) is 13.7. The molecule has 0 saturated carbocycles. The van der Waals surface area contributed by atoms with E-state index in [0.29, 0.717) is 24.5 Å². The van der Waals surface area contributed by atoms with Crippen molar-refractivity contribution in [1.29, 1.82) is 0 Å². The zero-order chi connectivity index (χ0) is 12.1. The molecule has 0 bridgehead atoms. The number of anilines is 2. The Balaban J connectivity index is 3.22. The van der Waals surface area contributed by atoms with Crippen LogP contribution in [0.2, 0.25) is 0 Å². The van der Waals surface area contributed by atoms with Crippen molar-refractivity contribution in [3.05, 3.63) is 16.6 Å². The summed E-state index contributed by atoms with van der Waals surface area (Å²) in [7, 11) is 1.60. The normalized spacial score (nSPS) is 9.44. The molecule has 1 heterocycles. The molecule has 5 heteroatoms. The van der Waals surface area contributed by atoms with Gasteiger partial charge in [-0.15, -0.1) is 5.92 Å². The van der Waals surface area contributed by atoms with E-state index in [4.69, 9.17) is 5.73 Å². The highest BCUT2D eigenvalue weighted by molar-refractivity contribution is 5.65. The SMILES string of the molecule is CC#CCN(CC)c1c(N)cnn(C)c1=O. The quantitative estimate of drug-likeness (QED) is 0.740. The van der Waals surface area contributed by atoms with Crippen LogP contribution < -0.4 is 16.2 Å². The second kappa shape index (κ2) is 5.21. The summed E-state index contributed by atoms with van der Waals surface area (Å²) in [6.07, 6.45) is 1.48. The minimum atomic E-state index is -0.195. The molecule has 1 rings (SSSR count). The fourth-order valence-electron chi connectivity index (χ4n) is 1.38. The van der Waals surface area contributed by atoms with Crippen LogP contribution in [-0.4, -0.2) is 22.9 Å². The Bertz CT molecular complexity index is 481. The third-order valence-corrected chi connectivity index (χ3v) is 2.28. The molecule has 0 amide bonds. The maximum absolute atomic E-state index is 11.9. The van der Waals surface area contributed by atoms with Gasteiger partial charge in [-0.25, -0.2) is 4.68 Å². The Morgan fingerprint density at radius 2 is 2.31 bits per heavy atom. The van der Waals surface area contributed by atoms with Gasteiger partial charge >= 0.3 is 0 Å². The van der Waals surface area contributed by atoms with Gasteiger partial charge in [0.2, 0.25) is 0 Å². The molecule has 0 radical (unpaired) electrons. The van der Waals surface area contributed by atoms with E-state index in [1.54, 1.807) is 14.0 Å². The molecule has 0 aliphatic heterocycles. The lowest BCUT2D eigenvalue weighted by Crippen LogP contribution is -2.33. The van der Waals surface area contributed by atoms with Crippen molar-refractivity contribution in [2.45, 2.75) is 13.8 Å². The number of nitrogen functional groups attached to an aromatic ring is 1. The summed E-state index contributed by atoms with van der Waals surface area (Å²) >= 11 is 0. The smallest absolute Gasteiger partial charge is 0.292 e. The molecular weight excluding hydrogens is 204 g/mol. The van der Waals surface area contributed by atoms with E-state index in [0.717, 1.165) is 0 Å². The highest BCUT2D eigenvalue weighted by Gasteiger charge is 2.13. The average Bonchev–Trinajstić information content (AvgIpc) is 2.28. The molecule has 0 aliphatic carbocycles. The van der Waals surface area contributed by atoms with Crippen molar-refractivity contribution in [1.82, 2.24) is 9.78 Å². The standard InChI is InChI=1S/C11H16N4O/c1-4-6-7-15(5-2)10-9(12)8-13-14(3)11(10)16/h8H,5,7,12H2,1-3H3. The first kappa shape index (κ1) is 12.1. The zero-order valence-corrected chi connectivity index (χ0v) is 9.82. The van der Waals surface area contributed by atoms with E-state index in [1.807, 2.05) is 11.8 Å². The summed E-state index contributed by atoms with van der Waals surface area (Å²) < 4.78 is 1.27. The van der Waals surface area contributed by atoms with Crippen LogP contribution in [0.1, 0.15) is 13.8 Å². The minimum absolute atomic E-state index is 0.195. The van der Waals surface area contributed by atoms with Gasteiger partial charge in [-0.2, -0.15) is 5.10 Å². The van der Waals surface area contributed by atoms with Gasteiger partial charge in [0.05, 0.1) is 18.4 Å². The van der Waals surface area contributed by atoms with Crippen LogP contribution in [0.15, 0.2) is 11.0 Å². The predicted octanol–water partition coefficient (Wildman–Crippen LogP) is 0.212. The van der Waals surface area contributed by atoms with Crippen LogP contribution in [-0.2, 0) is 7.05 Å². The summed E-state index contributed by atoms with van der Waals surface area (Å²) in [5.41, 5.74) is 6.44. The van der Waals surface area contributed by atoms with Gasteiger partial charge in [-0.3, -0.25) is 4.79 Å². The van der Waals surface area contributed by atoms with Crippen LogP contribution >= 0.6 is 0 Å². The molecule has 0 unspecified atom stereocenters. The fourth-order valence-corrected chi connectivity index (χ4v) is 1.38. The third kappa shape index (κ3) is 2.34. The predicted molar refractivity (Wildman–Crippen MR) is 65.2 cm³/mol. The van der Waals surface area contributed by atoms with E-state index in [2.05, 4.69) is 16.9 Å². The van der Waals surface area contributed by atoms with Crippen molar-refractivity contribution in [3.63, 3.8) is 0 Å². The van der Waals surface area contributed by atoms with Gasteiger partial charge in [0, 0.05) is 13.6 Å². The first-order valence-electron chi connectivity index (χ1n) is 5.08.